The Labute approximate surface area is 125 Å². The van der Waals surface area contributed by atoms with Gasteiger partial charge in [-0.25, -0.2) is 9.98 Å². The van der Waals surface area contributed by atoms with Gasteiger partial charge in [0, 0.05) is 5.56 Å². The van der Waals surface area contributed by atoms with Gasteiger partial charge in [-0.15, -0.1) is 0 Å². The lowest BCUT2D eigenvalue weighted by atomic mass is 9.93. The molecule has 0 amide bonds. The summed E-state index contributed by atoms with van der Waals surface area (Å²) in [5.74, 6) is 0.119. The van der Waals surface area contributed by atoms with E-state index in [1.165, 1.54) is 12.6 Å². The quantitative estimate of drug-likeness (QED) is 0.775. The van der Waals surface area contributed by atoms with E-state index >= 15 is 0 Å². The van der Waals surface area contributed by atoms with Crippen molar-refractivity contribution in [3.8, 4) is 6.07 Å². The smallest absolute Gasteiger partial charge is 0.181 e. The third kappa shape index (κ3) is 2.09. The molecule has 22 heavy (non-hydrogen) atoms. The zero-order chi connectivity index (χ0) is 15.7. The van der Waals surface area contributed by atoms with Gasteiger partial charge >= 0.3 is 0 Å². The Morgan fingerprint density at radius 2 is 2.09 bits per heavy atom. The molecule has 7 heteroatoms. The number of hydrogen-bond acceptors (Lipinski definition) is 6. The Bertz CT molecular complexity index is 883. The maximum Gasteiger partial charge on any atom is 0.181 e. The molecule has 1 aromatic heterocycles. The average Bonchev–Trinajstić information content (AvgIpc) is 3.06. The van der Waals surface area contributed by atoms with Gasteiger partial charge in [-0.2, -0.15) is 5.26 Å². The van der Waals surface area contributed by atoms with Crippen LogP contribution in [0.5, 0.6) is 0 Å². The van der Waals surface area contributed by atoms with E-state index in [1.807, 2.05) is 0 Å². The van der Waals surface area contributed by atoms with Crippen molar-refractivity contribution in [1.82, 2.24) is 4.98 Å². The van der Waals surface area contributed by atoms with E-state index in [0.29, 0.717) is 28.2 Å². The first-order chi connectivity index (χ1) is 10.6. The van der Waals surface area contributed by atoms with Gasteiger partial charge in [0.05, 0.1) is 34.8 Å². The lowest BCUT2D eigenvalue weighted by Gasteiger charge is -2.18. The summed E-state index contributed by atoms with van der Waals surface area (Å²) in [5.41, 5.74) is 7.76. The molecule has 3 rings (SSSR count). The average molecular weight is 290 g/mol. The number of dihydropyridines is 1. The molecule has 1 aliphatic rings. The van der Waals surface area contributed by atoms with Crippen LogP contribution in [0.1, 0.15) is 16.9 Å². The van der Waals surface area contributed by atoms with Crippen LogP contribution < -0.4 is 5.73 Å². The predicted molar refractivity (Wildman–Crippen MR) is 80.8 cm³/mol. The second-order valence-electron chi connectivity index (χ2n) is 4.53. The Morgan fingerprint density at radius 3 is 2.77 bits per heavy atom. The minimum absolute atomic E-state index is 0.0918. The molecule has 0 saturated heterocycles. The van der Waals surface area contributed by atoms with Crippen molar-refractivity contribution in [2.24, 2.45) is 10.7 Å². The molecule has 1 aliphatic heterocycles. The molecule has 0 fully saturated rings. The van der Waals surface area contributed by atoms with E-state index in [0.717, 1.165) is 0 Å². The van der Waals surface area contributed by atoms with Crippen LogP contribution in [-0.4, -0.2) is 22.2 Å². The number of rotatable bonds is 2. The van der Waals surface area contributed by atoms with Gasteiger partial charge in [0.1, 0.15) is 5.71 Å². The first kappa shape index (κ1) is 13.5. The van der Waals surface area contributed by atoms with Crippen LogP contribution in [0.2, 0.25) is 0 Å². The Balaban J connectivity index is 2.23. The highest BCUT2D eigenvalue weighted by atomic mass is 16.3. The number of oxazole rings is 1. The number of nitrogens with zero attached hydrogens (tertiary/aromatic N) is 3. The SMILES string of the molecule is N#Cc1cccc(C2=NC(=N)C(=N)C(N)=C2c2cnco2)c1. The van der Waals surface area contributed by atoms with E-state index < -0.39 is 0 Å². The van der Waals surface area contributed by atoms with Crippen LogP contribution in [0.4, 0.5) is 0 Å². The van der Waals surface area contributed by atoms with Gasteiger partial charge in [-0.3, -0.25) is 10.8 Å². The molecule has 7 nitrogen and oxygen atoms in total. The normalized spacial score (nSPS) is 14.8. The summed E-state index contributed by atoms with van der Waals surface area (Å²) in [6, 6.07) is 8.84. The van der Waals surface area contributed by atoms with Crippen LogP contribution in [0, 0.1) is 22.1 Å². The maximum absolute atomic E-state index is 9.02. The van der Waals surface area contributed by atoms with E-state index in [-0.39, 0.29) is 17.2 Å². The molecule has 1 aromatic carbocycles. The fraction of sp³-hybridized carbons (Fsp3) is 0. The minimum atomic E-state index is -0.238. The number of nitrogens with two attached hydrogens (primary N) is 1. The Kier molecular flexibility index (Phi) is 3.12. The van der Waals surface area contributed by atoms with E-state index in [2.05, 4.69) is 16.0 Å². The van der Waals surface area contributed by atoms with Crippen molar-refractivity contribution in [2.45, 2.75) is 0 Å². The van der Waals surface area contributed by atoms with Gasteiger partial charge in [0.2, 0.25) is 0 Å². The summed E-state index contributed by atoms with van der Waals surface area (Å²) in [6.45, 7) is 0. The molecule has 0 atom stereocenters. The summed E-state index contributed by atoms with van der Waals surface area (Å²) < 4.78 is 5.27. The number of amidine groups is 1. The molecule has 0 spiro atoms. The number of nitriles is 1. The summed E-state index contributed by atoms with van der Waals surface area (Å²) >= 11 is 0. The number of nitrogens with one attached hydrogen (secondary N) is 2. The van der Waals surface area contributed by atoms with Gasteiger partial charge in [0.25, 0.3) is 0 Å². The summed E-state index contributed by atoms with van der Waals surface area (Å²) in [4.78, 5) is 7.99. The molecule has 0 bridgehead atoms. The monoisotopic (exact) mass is 290 g/mol. The number of hydrogen-bond donors (Lipinski definition) is 3. The van der Waals surface area contributed by atoms with E-state index in [9.17, 15) is 0 Å². The van der Waals surface area contributed by atoms with Crippen LogP contribution in [0.25, 0.3) is 5.57 Å². The second kappa shape index (κ2) is 5.10. The fourth-order valence-corrected chi connectivity index (χ4v) is 2.14. The molecule has 2 aromatic rings. The van der Waals surface area contributed by atoms with Gasteiger partial charge in [0.15, 0.2) is 18.0 Å². The fourth-order valence-electron chi connectivity index (χ4n) is 2.14. The van der Waals surface area contributed by atoms with Crippen LogP contribution in [0.15, 0.2) is 52.0 Å². The summed E-state index contributed by atoms with van der Waals surface area (Å²) in [7, 11) is 0. The van der Waals surface area contributed by atoms with Crippen molar-refractivity contribution in [2.75, 3.05) is 0 Å². The largest absolute Gasteiger partial charge is 0.443 e. The molecule has 0 aliphatic carbocycles. The van der Waals surface area contributed by atoms with Crippen LogP contribution in [-0.2, 0) is 0 Å². The first-order valence-corrected chi connectivity index (χ1v) is 6.28. The lowest BCUT2D eigenvalue weighted by Crippen LogP contribution is -2.28. The number of benzene rings is 1. The van der Waals surface area contributed by atoms with E-state index in [4.69, 9.17) is 26.2 Å². The molecule has 106 valence electrons. The van der Waals surface area contributed by atoms with Crippen LogP contribution >= 0.6 is 0 Å². The zero-order valence-electron chi connectivity index (χ0n) is 11.3. The summed E-state index contributed by atoms with van der Waals surface area (Å²) in [6.07, 6.45) is 2.72. The van der Waals surface area contributed by atoms with E-state index in [1.54, 1.807) is 24.3 Å². The lowest BCUT2D eigenvalue weighted by molar-refractivity contribution is 0.546. The van der Waals surface area contributed by atoms with Crippen molar-refractivity contribution in [3.05, 3.63) is 59.4 Å². The topological polar surface area (TPSA) is 136 Å². The van der Waals surface area contributed by atoms with Crippen molar-refractivity contribution in [3.63, 3.8) is 0 Å². The van der Waals surface area contributed by atoms with Gasteiger partial charge < -0.3 is 10.2 Å². The van der Waals surface area contributed by atoms with Crippen molar-refractivity contribution in [1.29, 1.82) is 16.1 Å². The highest BCUT2D eigenvalue weighted by Gasteiger charge is 2.27. The zero-order valence-corrected chi connectivity index (χ0v) is 11.3. The van der Waals surface area contributed by atoms with Gasteiger partial charge in [-0.1, -0.05) is 12.1 Å². The third-order valence-electron chi connectivity index (χ3n) is 3.18. The summed E-state index contributed by atoms with van der Waals surface area (Å²) in [5, 5.41) is 24.6. The molecule has 0 radical (unpaired) electrons. The Morgan fingerprint density at radius 1 is 1.27 bits per heavy atom. The number of aromatic nitrogens is 1. The maximum atomic E-state index is 9.02. The molecule has 0 saturated carbocycles. The molecule has 2 heterocycles. The van der Waals surface area contributed by atoms with Crippen LogP contribution in [0.3, 0.4) is 0 Å². The second-order valence-corrected chi connectivity index (χ2v) is 4.53. The predicted octanol–water partition coefficient (Wildman–Crippen LogP) is 1.72. The molecule has 4 N–H and O–H groups in total. The first-order valence-electron chi connectivity index (χ1n) is 6.28. The molecule has 0 unspecified atom stereocenters. The standard InChI is InChI=1S/C15H10N6O/c16-5-8-2-1-3-9(4-8)14-11(10-6-20-7-22-10)12(17)13(18)15(19)21-14/h1-4,6-7,18-19H,17H2. The highest BCUT2D eigenvalue weighted by Crippen LogP contribution is 2.26. The minimum Gasteiger partial charge on any atom is -0.443 e. The van der Waals surface area contributed by atoms with Crippen molar-refractivity contribution < 1.29 is 4.42 Å². The molecular weight excluding hydrogens is 280 g/mol. The van der Waals surface area contributed by atoms with Crippen molar-refractivity contribution >= 4 is 22.8 Å². The van der Waals surface area contributed by atoms with Gasteiger partial charge in [-0.05, 0) is 12.1 Å². The highest BCUT2D eigenvalue weighted by molar-refractivity contribution is 6.55. The molecular formula is C15H10N6O. The number of allylic oxidation sites excluding steroid dienone is 1. The Hall–Kier alpha value is -3.53. The number of aliphatic imine (C=N–C) groups is 1. The third-order valence-corrected chi connectivity index (χ3v) is 3.18.